The summed E-state index contributed by atoms with van der Waals surface area (Å²) in [5, 5.41) is 3.41. The van der Waals surface area contributed by atoms with Crippen molar-refractivity contribution < 1.29 is 19.1 Å². The van der Waals surface area contributed by atoms with E-state index in [1.54, 1.807) is 18.2 Å². The Labute approximate surface area is 162 Å². The van der Waals surface area contributed by atoms with Gasteiger partial charge in [0.05, 0.1) is 19.3 Å². The Kier molecular flexibility index (Phi) is 6.01. The molecule has 0 spiro atoms. The van der Waals surface area contributed by atoms with Crippen LogP contribution in [-0.2, 0) is 12.8 Å². The van der Waals surface area contributed by atoms with E-state index in [2.05, 4.69) is 5.32 Å². The number of thiophene rings is 1. The number of carbonyl (C=O) groups is 2. The van der Waals surface area contributed by atoms with Crippen LogP contribution >= 0.6 is 11.3 Å². The van der Waals surface area contributed by atoms with Crippen LogP contribution in [0.4, 0.5) is 5.00 Å². The second-order valence-corrected chi connectivity index (χ2v) is 7.49. The summed E-state index contributed by atoms with van der Waals surface area (Å²) in [5.74, 6) is 0.267. The molecule has 3 rings (SSSR count). The maximum Gasteiger partial charge on any atom is 0.256 e. The normalized spacial score (nSPS) is 13.4. The van der Waals surface area contributed by atoms with Gasteiger partial charge in [-0.3, -0.25) is 9.59 Å². The molecule has 1 aliphatic carbocycles. The van der Waals surface area contributed by atoms with Crippen LogP contribution in [0.5, 0.6) is 11.5 Å². The van der Waals surface area contributed by atoms with E-state index in [1.165, 1.54) is 18.4 Å². The number of anilines is 1. The molecule has 0 atom stereocenters. The highest BCUT2D eigenvalue weighted by molar-refractivity contribution is 7.17. The number of methoxy groups -OCH3 is 1. The average molecular weight is 388 g/mol. The van der Waals surface area contributed by atoms with Gasteiger partial charge in [-0.15, -0.1) is 11.3 Å². The van der Waals surface area contributed by atoms with Crippen LogP contribution in [0, 0.1) is 0 Å². The Bertz CT molecular complexity index is 860. The lowest BCUT2D eigenvalue weighted by Gasteiger charge is -2.11. The van der Waals surface area contributed by atoms with Crippen molar-refractivity contribution in [2.45, 2.75) is 39.0 Å². The fourth-order valence-electron chi connectivity index (χ4n) is 3.35. The van der Waals surface area contributed by atoms with E-state index < -0.39 is 5.91 Å². The first kappa shape index (κ1) is 19.2. The topological polar surface area (TPSA) is 90.6 Å². The Balaban J connectivity index is 1.89. The number of fused-ring (bicyclic) bond motifs is 1. The fourth-order valence-corrected chi connectivity index (χ4v) is 4.64. The van der Waals surface area contributed by atoms with Crippen molar-refractivity contribution >= 4 is 28.2 Å². The van der Waals surface area contributed by atoms with E-state index in [-0.39, 0.29) is 5.91 Å². The molecule has 0 saturated carbocycles. The molecule has 3 N–H and O–H groups in total. The number of aryl methyl sites for hydroxylation is 1. The van der Waals surface area contributed by atoms with Gasteiger partial charge >= 0.3 is 0 Å². The van der Waals surface area contributed by atoms with Crippen molar-refractivity contribution in [1.29, 1.82) is 0 Å². The van der Waals surface area contributed by atoms with Gasteiger partial charge in [-0.05, 0) is 56.4 Å². The van der Waals surface area contributed by atoms with Crippen LogP contribution in [0.25, 0.3) is 0 Å². The van der Waals surface area contributed by atoms with Gasteiger partial charge < -0.3 is 20.5 Å². The minimum Gasteiger partial charge on any atom is -0.493 e. The number of benzene rings is 1. The van der Waals surface area contributed by atoms with Crippen molar-refractivity contribution in [3.05, 3.63) is 39.8 Å². The zero-order chi connectivity index (χ0) is 19.4. The van der Waals surface area contributed by atoms with Gasteiger partial charge in [0.25, 0.3) is 11.8 Å². The average Bonchev–Trinajstić information content (AvgIpc) is 2.83. The SMILES string of the molecule is CCOc1ccc(C(=O)Nc2sc3c(c2C(N)=O)CCCCC3)cc1OC. The molecule has 0 fully saturated rings. The maximum absolute atomic E-state index is 12.8. The molecule has 0 radical (unpaired) electrons. The minimum atomic E-state index is -0.492. The van der Waals surface area contributed by atoms with Crippen LogP contribution in [0.3, 0.4) is 0 Å². The smallest absolute Gasteiger partial charge is 0.256 e. The molecule has 2 amide bonds. The van der Waals surface area contributed by atoms with Crippen LogP contribution in [-0.4, -0.2) is 25.5 Å². The highest BCUT2D eigenvalue weighted by Gasteiger charge is 2.24. The Morgan fingerprint density at radius 2 is 1.96 bits per heavy atom. The molecule has 1 aromatic heterocycles. The second-order valence-electron chi connectivity index (χ2n) is 6.39. The van der Waals surface area contributed by atoms with Crippen molar-refractivity contribution in [2.24, 2.45) is 5.73 Å². The summed E-state index contributed by atoms with van der Waals surface area (Å²) in [6, 6.07) is 5.00. The summed E-state index contributed by atoms with van der Waals surface area (Å²) in [7, 11) is 1.53. The zero-order valence-electron chi connectivity index (χ0n) is 15.6. The third-order valence-corrected chi connectivity index (χ3v) is 5.83. The highest BCUT2D eigenvalue weighted by atomic mass is 32.1. The van der Waals surface area contributed by atoms with Crippen molar-refractivity contribution in [3.63, 3.8) is 0 Å². The van der Waals surface area contributed by atoms with Crippen LogP contribution in [0.2, 0.25) is 0 Å². The zero-order valence-corrected chi connectivity index (χ0v) is 16.4. The molecule has 0 bridgehead atoms. The first-order valence-corrected chi connectivity index (χ1v) is 9.93. The molecule has 0 aliphatic heterocycles. The molecule has 1 aliphatic rings. The molecular weight excluding hydrogens is 364 g/mol. The molecular formula is C20H24N2O4S. The molecule has 144 valence electrons. The van der Waals surface area contributed by atoms with E-state index in [0.717, 1.165) is 42.5 Å². The highest BCUT2D eigenvalue weighted by Crippen LogP contribution is 2.37. The molecule has 0 saturated heterocycles. The third kappa shape index (κ3) is 4.08. The van der Waals surface area contributed by atoms with Crippen LogP contribution < -0.4 is 20.5 Å². The molecule has 27 heavy (non-hydrogen) atoms. The van der Waals surface area contributed by atoms with Gasteiger partial charge in [0.1, 0.15) is 5.00 Å². The number of hydrogen-bond acceptors (Lipinski definition) is 5. The Morgan fingerprint density at radius 1 is 1.19 bits per heavy atom. The lowest BCUT2D eigenvalue weighted by Crippen LogP contribution is -2.18. The van der Waals surface area contributed by atoms with E-state index in [9.17, 15) is 9.59 Å². The summed E-state index contributed by atoms with van der Waals surface area (Å²) in [6.07, 6.45) is 5.03. The first-order valence-electron chi connectivity index (χ1n) is 9.11. The first-order chi connectivity index (χ1) is 13.0. The van der Waals surface area contributed by atoms with Crippen LogP contribution in [0.1, 0.15) is 57.3 Å². The lowest BCUT2D eigenvalue weighted by atomic mass is 10.1. The van der Waals surface area contributed by atoms with Gasteiger partial charge in [0.15, 0.2) is 11.5 Å². The van der Waals surface area contributed by atoms with E-state index in [0.29, 0.717) is 34.2 Å². The van der Waals surface area contributed by atoms with Crippen molar-refractivity contribution in [2.75, 3.05) is 19.0 Å². The van der Waals surface area contributed by atoms with Gasteiger partial charge in [-0.25, -0.2) is 0 Å². The van der Waals surface area contributed by atoms with Crippen LogP contribution in [0.15, 0.2) is 18.2 Å². The van der Waals surface area contributed by atoms with E-state index >= 15 is 0 Å². The Morgan fingerprint density at radius 3 is 2.67 bits per heavy atom. The predicted octanol–water partition coefficient (Wildman–Crippen LogP) is 3.78. The monoisotopic (exact) mass is 388 g/mol. The molecule has 2 aromatic rings. The number of nitrogens with two attached hydrogens (primary N) is 1. The standard InChI is InChI=1S/C20H24N2O4S/c1-3-26-14-10-9-12(11-15(14)25-2)19(24)22-20-17(18(21)23)13-7-5-4-6-8-16(13)27-20/h9-11H,3-8H2,1-2H3,(H2,21,23)(H,22,24). The number of amides is 2. The molecule has 1 heterocycles. The Hall–Kier alpha value is -2.54. The summed E-state index contributed by atoms with van der Waals surface area (Å²) in [4.78, 5) is 26.0. The summed E-state index contributed by atoms with van der Waals surface area (Å²) >= 11 is 1.46. The summed E-state index contributed by atoms with van der Waals surface area (Å²) < 4.78 is 10.8. The van der Waals surface area contributed by atoms with E-state index in [1.807, 2.05) is 6.92 Å². The third-order valence-electron chi connectivity index (χ3n) is 4.62. The van der Waals surface area contributed by atoms with Gasteiger partial charge in [-0.1, -0.05) is 6.42 Å². The lowest BCUT2D eigenvalue weighted by molar-refractivity contribution is 0.100. The number of primary amides is 1. The quantitative estimate of drug-likeness (QED) is 0.737. The van der Waals surface area contributed by atoms with Crippen molar-refractivity contribution in [3.8, 4) is 11.5 Å². The van der Waals surface area contributed by atoms with Crippen molar-refractivity contribution in [1.82, 2.24) is 0 Å². The number of ether oxygens (including phenoxy) is 2. The number of nitrogens with one attached hydrogen (secondary N) is 1. The molecule has 6 nitrogen and oxygen atoms in total. The molecule has 0 unspecified atom stereocenters. The predicted molar refractivity (Wildman–Crippen MR) is 106 cm³/mol. The van der Waals surface area contributed by atoms with Gasteiger partial charge in [-0.2, -0.15) is 0 Å². The summed E-state index contributed by atoms with van der Waals surface area (Å²) in [6.45, 7) is 2.39. The van der Waals surface area contributed by atoms with E-state index in [4.69, 9.17) is 15.2 Å². The maximum atomic E-state index is 12.8. The number of hydrogen-bond donors (Lipinski definition) is 2. The van der Waals surface area contributed by atoms with Gasteiger partial charge in [0, 0.05) is 10.4 Å². The van der Waals surface area contributed by atoms with Gasteiger partial charge in [0.2, 0.25) is 0 Å². The number of rotatable bonds is 6. The fraction of sp³-hybridized carbons (Fsp3) is 0.400. The number of carbonyl (C=O) groups excluding carboxylic acids is 2. The largest absolute Gasteiger partial charge is 0.493 e. The summed E-state index contributed by atoms with van der Waals surface area (Å²) in [5.41, 5.74) is 7.52. The molecule has 7 heteroatoms. The molecule has 1 aromatic carbocycles. The second kappa shape index (κ2) is 8.43. The minimum absolute atomic E-state index is 0.310.